The van der Waals surface area contributed by atoms with E-state index in [2.05, 4.69) is 29.5 Å². The third-order valence-corrected chi connectivity index (χ3v) is 5.12. The van der Waals surface area contributed by atoms with Crippen LogP contribution in [-0.4, -0.2) is 110 Å². The smallest absolute Gasteiger partial charge is 0.305 e. The molecular weight excluding hydrogens is 571 g/mol. The lowest BCUT2D eigenvalue weighted by molar-refractivity contribution is -0.145. The van der Waals surface area contributed by atoms with Crippen LogP contribution in [0.5, 0.6) is 0 Å². The van der Waals surface area contributed by atoms with Gasteiger partial charge in [0.05, 0.1) is 92.5 Å². The van der Waals surface area contributed by atoms with Crippen LogP contribution in [0.3, 0.4) is 0 Å². The van der Waals surface area contributed by atoms with E-state index in [1.165, 1.54) is 25.7 Å². The van der Waals surface area contributed by atoms with Crippen LogP contribution in [-0.2, 0) is 42.7 Å². The fourth-order valence-corrected chi connectivity index (χ4v) is 3.12. The Bertz CT molecular complexity index is 416. The van der Waals surface area contributed by atoms with Crippen LogP contribution in [0.4, 0.5) is 0 Å². The van der Waals surface area contributed by atoms with Gasteiger partial charge in [0, 0.05) is 10.8 Å². The van der Waals surface area contributed by atoms with Gasteiger partial charge in [0.25, 0.3) is 0 Å². The Morgan fingerprint density at radius 3 is 1.23 bits per heavy atom. The molecule has 0 saturated carbocycles. The van der Waals surface area contributed by atoms with Crippen molar-refractivity contribution in [2.45, 2.75) is 51.9 Å². The lowest BCUT2D eigenvalue weighted by atomic mass is 10.1. The molecule has 0 aromatic heterocycles. The molecule has 0 fully saturated rings. The van der Waals surface area contributed by atoms with Crippen molar-refractivity contribution in [3.63, 3.8) is 0 Å². The minimum atomic E-state index is -0.136. The van der Waals surface area contributed by atoms with Gasteiger partial charge in [-0.25, -0.2) is 0 Å². The molecule has 0 aliphatic carbocycles. The molecule has 0 spiro atoms. The van der Waals surface area contributed by atoms with Crippen LogP contribution < -0.4 is 0 Å². The first-order valence-corrected chi connectivity index (χ1v) is 14.6. The van der Waals surface area contributed by atoms with Crippen molar-refractivity contribution in [1.82, 2.24) is 0 Å². The van der Waals surface area contributed by atoms with E-state index in [1.54, 1.807) is 0 Å². The molecule has 0 amide bonds. The van der Waals surface area contributed by atoms with E-state index in [9.17, 15) is 4.79 Å². The van der Waals surface area contributed by atoms with Crippen molar-refractivity contribution < 1.29 is 42.7 Å². The second-order valence-electron chi connectivity index (χ2n) is 7.71. The van der Waals surface area contributed by atoms with Crippen molar-refractivity contribution in [2.75, 3.05) is 104 Å². The maximum Gasteiger partial charge on any atom is 0.305 e. The van der Waals surface area contributed by atoms with Crippen LogP contribution in [0.15, 0.2) is 0 Å². The average Bonchev–Trinajstić information content (AvgIpc) is 2.86. The molecule has 0 heterocycles. The van der Waals surface area contributed by atoms with Gasteiger partial charge in [-0.2, -0.15) is 0 Å². The van der Waals surface area contributed by atoms with Crippen LogP contribution in [0.2, 0.25) is 0 Å². The number of carbonyl (C=O) groups is 1. The zero-order valence-corrected chi connectivity index (χ0v) is 24.0. The van der Waals surface area contributed by atoms with Gasteiger partial charge in [0.1, 0.15) is 6.61 Å². The van der Waals surface area contributed by atoms with Gasteiger partial charge >= 0.3 is 5.97 Å². The molecule has 0 radical (unpaired) electrons. The van der Waals surface area contributed by atoms with Crippen molar-refractivity contribution in [3.8, 4) is 0 Å². The van der Waals surface area contributed by atoms with Crippen LogP contribution in [0, 0.1) is 0 Å². The van der Waals surface area contributed by atoms with Gasteiger partial charge in [-0.05, 0) is 6.42 Å². The van der Waals surface area contributed by atoms with E-state index in [-0.39, 0.29) is 5.97 Å². The summed E-state index contributed by atoms with van der Waals surface area (Å²) >= 11 is 2.28. The van der Waals surface area contributed by atoms with Crippen molar-refractivity contribution in [3.05, 3.63) is 0 Å². The Labute approximate surface area is 226 Å². The van der Waals surface area contributed by atoms with E-state index in [0.29, 0.717) is 98.9 Å². The number of hydrogen-bond acceptors (Lipinski definition) is 9. The highest BCUT2D eigenvalue weighted by atomic mass is 127. The van der Waals surface area contributed by atoms with E-state index in [4.69, 9.17) is 37.9 Å². The highest BCUT2D eigenvalue weighted by molar-refractivity contribution is 14.1. The van der Waals surface area contributed by atoms with Gasteiger partial charge in [0.2, 0.25) is 0 Å². The first-order valence-electron chi connectivity index (χ1n) is 13.1. The topological polar surface area (TPSA) is 90.9 Å². The maximum absolute atomic E-state index is 11.6. The average molecular weight is 621 g/mol. The van der Waals surface area contributed by atoms with Crippen molar-refractivity contribution in [2.24, 2.45) is 0 Å². The first kappa shape index (κ1) is 34.9. The maximum atomic E-state index is 11.6. The number of carbonyl (C=O) groups excluding carboxylic acids is 1. The van der Waals surface area contributed by atoms with Gasteiger partial charge in [-0.1, -0.05) is 61.6 Å². The Morgan fingerprint density at radius 2 is 0.829 bits per heavy atom. The Balaban J connectivity index is 3.09. The monoisotopic (exact) mass is 620 g/mol. The van der Waals surface area contributed by atoms with Gasteiger partial charge < -0.3 is 37.9 Å². The van der Waals surface area contributed by atoms with E-state index < -0.39 is 0 Å². The van der Waals surface area contributed by atoms with Crippen molar-refractivity contribution in [1.29, 1.82) is 0 Å². The van der Waals surface area contributed by atoms with Crippen LogP contribution in [0.1, 0.15) is 51.9 Å². The zero-order chi connectivity index (χ0) is 25.5. The first-order chi connectivity index (χ1) is 17.3. The number of ether oxygens (including phenoxy) is 8. The highest BCUT2D eigenvalue weighted by Crippen LogP contribution is 2.07. The summed E-state index contributed by atoms with van der Waals surface area (Å²) in [5.74, 6) is -0.136. The number of hydrogen-bond donors (Lipinski definition) is 0. The van der Waals surface area contributed by atoms with Crippen LogP contribution in [0.25, 0.3) is 0 Å². The predicted molar refractivity (Wildman–Crippen MR) is 144 cm³/mol. The third-order valence-electron chi connectivity index (χ3n) is 4.68. The summed E-state index contributed by atoms with van der Waals surface area (Å²) in [6, 6.07) is 0. The zero-order valence-electron chi connectivity index (χ0n) is 21.8. The Hall–Kier alpha value is -0.0800. The Kier molecular flexibility index (Phi) is 31.9. The molecule has 210 valence electrons. The van der Waals surface area contributed by atoms with Gasteiger partial charge in [0.15, 0.2) is 0 Å². The van der Waals surface area contributed by atoms with E-state index in [0.717, 1.165) is 23.9 Å². The summed E-state index contributed by atoms with van der Waals surface area (Å²) in [6.07, 6.45) is 7.47. The SMILES string of the molecule is CCCCCCCCC(=O)OCCOCCOCCOCCOCCOCCOCCOCCI. The normalized spacial score (nSPS) is 11.3. The fourth-order valence-electron chi connectivity index (χ4n) is 2.81. The summed E-state index contributed by atoms with van der Waals surface area (Å²) in [5.41, 5.74) is 0. The number of unbranched alkanes of at least 4 members (excludes halogenated alkanes) is 5. The summed E-state index contributed by atoms with van der Waals surface area (Å²) in [5, 5.41) is 0. The lowest BCUT2D eigenvalue weighted by Gasteiger charge is -2.08. The molecule has 9 nitrogen and oxygen atoms in total. The predicted octanol–water partition coefficient (Wildman–Crippen LogP) is 3.83. The second-order valence-corrected chi connectivity index (χ2v) is 8.79. The minimum absolute atomic E-state index is 0.136. The number of rotatable bonds is 30. The number of halogens is 1. The summed E-state index contributed by atoms with van der Waals surface area (Å²) in [7, 11) is 0. The van der Waals surface area contributed by atoms with Crippen molar-refractivity contribution >= 4 is 28.6 Å². The molecule has 10 heteroatoms. The van der Waals surface area contributed by atoms with E-state index in [1.807, 2.05) is 0 Å². The number of esters is 1. The molecule has 0 aliphatic heterocycles. The Morgan fingerprint density at radius 1 is 0.486 bits per heavy atom. The molecule has 0 N–H and O–H groups in total. The molecule has 0 atom stereocenters. The molecule has 0 unspecified atom stereocenters. The van der Waals surface area contributed by atoms with Crippen LogP contribution >= 0.6 is 22.6 Å². The molecule has 0 saturated heterocycles. The summed E-state index contributed by atoms with van der Waals surface area (Å²) < 4.78 is 44.0. The third kappa shape index (κ3) is 31.9. The lowest BCUT2D eigenvalue weighted by Crippen LogP contribution is -2.15. The summed E-state index contributed by atoms with van der Waals surface area (Å²) in [4.78, 5) is 11.6. The molecule has 35 heavy (non-hydrogen) atoms. The molecule has 0 bridgehead atoms. The highest BCUT2D eigenvalue weighted by Gasteiger charge is 2.02. The molecule has 0 aromatic rings. The van der Waals surface area contributed by atoms with Gasteiger partial charge in [-0.15, -0.1) is 0 Å². The van der Waals surface area contributed by atoms with E-state index >= 15 is 0 Å². The molecular formula is C25H49IO9. The number of alkyl halides is 1. The largest absolute Gasteiger partial charge is 0.463 e. The second kappa shape index (κ2) is 31.9. The minimum Gasteiger partial charge on any atom is -0.463 e. The molecule has 0 rings (SSSR count). The standard InChI is InChI=1S/C25H49IO9/c1-2-3-4-5-6-7-8-25(27)35-24-23-34-22-21-33-20-19-32-18-17-31-16-15-30-14-13-29-12-11-28-10-9-26/h2-24H2,1H3. The molecule has 0 aromatic carbocycles. The van der Waals surface area contributed by atoms with Gasteiger partial charge in [-0.3, -0.25) is 4.79 Å². The summed E-state index contributed by atoms with van der Waals surface area (Å²) in [6.45, 7) is 10.1. The molecule has 0 aliphatic rings. The fraction of sp³-hybridized carbons (Fsp3) is 0.960. The quantitative estimate of drug-likeness (QED) is 0.0515.